The van der Waals surface area contributed by atoms with Gasteiger partial charge in [0.25, 0.3) is 0 Å². The number of rotatable bonds is 8. The zero-order valence-electron chi connectivity index (χ0n) is 24.9. The first-order valence-electron chi connectivity index (χ1n) is 14.2. The number of carbonyl (C=O) groups excluding carboxylic acids is 2. The summed E-state index contributed by atoms with van der Waals surface area (Å²) in [5, 5.41) is 10.6. The molecule has 1 aliphatic heterocycles. The fraction of sp³-hybridized carbons (Fsp3) is 0.531. The summed E-state index contributed by atoms with van der Waals surface area (Å²) in [5.74, 6) is -1.28. The smallest absolute Gasteiger partial charge is 0.410 e. The fourth-order valence-electron chi connectivity index (χ4n) is 6.20. The lowest BCUT2D eigenvalue weighted by molar-refractivity contribution is -0.158. The Morgan fingerprint density at radius 2 is 1.61 bits per heavy atom. The van der Waals surface area contributed by atoms with Crippen molar-refractivity contribution in [2.24, 2.45) is 0 Å². The Labute approximate surface area is 242 Å². The predicted octanol–water partition coefficient (Wildman–Crippen LogP) is 5.91. The Morgan fingerprint density at radius 1 is 1.02 bits per heavy atom. The summed E-state index contributed by atoms with van der Waals surface area (Å²) in [6, 6.07) is 16.1. The molecule has 1 heterocycles. The number of likely N-dealkylation sites (tertiary alicyclic amines) is 1. The Hall–Kier alpha value is -3.59. The number of amides is 2. The molecule has 0 saturated carbocycles. The lowest BCUT2D eigenvalue weighted by Gasteiger charge is -2.52. The molecule has 2 aromatic carbocycles. The SMILES string of the molecule is COCCCN(C(=O)OCC1c2ccccc2-c2ccccc21)C1(C(=O)O)CCN(C(=O)OC(C)(C)C)C(C)(C)C1. The van der Waals surface area contributed by atoms with Crippen LogP contribution in [0.1, 0.15) is 70.9 Å². The van der Waals surface area contributed by atoms with Crippen LogP contribution < -0.4 is 0 Å². The van der Waals surface area contributed by atoms with E-state index in [1.54, 1.807) is 46.6 Å². The average Bonchev–Trinajstić information content (AvgIpc) is 3.21. The zero-order chi connectivity index (χ0) is 30.0. The second-order valence-corrected chi connectivity index (χ2v) is 12.5. The Kier molecular flexibility index (Phi) is 8.68. The predicted molar refractivity (Wildman–Crippen MR) is 155 cm³/mol. The molecule has 1 N–H and O–H groups in total. The Morgan fingerprint density at radius 3 is 2.12 bits per heavy atom. The highest BCUT2D eigenvalue weighted by molar-refractivity contribution is 5.86. The van der Waals surface area contributed by atoms with Crippen LogP contribution in [0.3, 0.4) is 0 Å². The van der Waals surface area contributed by atoms with Crippen LogP contribution >= 0.6 is 0 Å². The topological polar surface area (TPSA) is 106 Å². The quantitative estimate of drug-likeness (QED) is 0.396. The lowest BCUT2D eigenvalue weighted by Crippen LogP contribution is -2.68. The minimum atomic E-state index is -1.57. The van der Waals surface area contributed by atoms with Crippen molar-refractivity contribution in [3.8, 4) is 11.1 Å². The third-order valence-electron chi connectivity index (χ3n) is 8.02. The van der Waals surface area contributed by atoms with Gasteiger partial charge in [0.1, 0.15) is 17.7 Å². The second-order valence-electron chi connectivity index (χ2n) is 12.5. The third kappa shape index (κ3) is 6.20. The molecule has 2 aromatic rings. The molecule has 222 valence electrons. The molecule has 1 unspecified atom stereocenters. The molecule has 0 aromatic heterocycles. The van der Waals surface area contributed by atoms with Crippen LogP contribution in [-0.4, -0.2) is 83.2 Å². The molecule has 0 spiro atoms. The van der Waals surface area contributed by atoms with E-state index in [0.717, 1.165) is 22.3 Å². The number of aliphatic carboxylic acids is 1. The van der Waals surface area contributed by atoms with Crippen LogP contribution in [0.4, 0.5) is 9.59 Å². The number of methoxy groups -OCH3 is 1. The van der Waals surface area contributed by atoms with Gasteiger partial charge in [0.05, 0.1) is 0 Å². The van der Waals surface area contributed by atoms with E-state index in [1.165, 1.54) is 4.90 Å². The van der Waals surface area contributed by atoms with Crippen LogP contribution in [0.25, 0.3) is 11.1 Å². The summed E-state index contributed by atoms with van der Waals surface area (Å²) in [4.78, 5) is 42.8. The largest absolute Gasteiger partial charge is 0.479 e. The number of ether oxygens (including phenoxy) is 3. The van der Waals surface area contributed by atoms with Crippen molar-refractivity contribution >= 4 is 18.2 Å². The monoisotopic (exact) mass is 566 g/mol. The second kappa shape index (κ2) is 11.7. The zero-order valence-corrected chi connectivity index (χ0v) is 24.9. The average molecular weight is 567 g/mol. The van der Waals surface area contributed by atoms with Crippen molar-refractivity contribution in [2.45, 2.75) is 76.5 Å². The minimum Gasteiger partial charge on any atom is -0.479 e. The van der Waals surface area contributed by atoms with Crippen molar-refractivity contribution in [3.63, 3.8) is 0 Å². The van der Waals surface area contributed by atoms with Gasteiger partial charge in [-0.25, -0.2) is 14.4 Å². The number of hydrogen-bond donors (Lipinski definition) is 1. The van der Waals surface area contributed by atoms with E-state index in [-0.39, 0.29) is 38.5 Å². The third-order valence-corrected chi connectivity index (χ3v) is 8.02. The van der Waals surface area contributed by atoms with Gasteiger partial charge in [0.2, 0.25) is 0 Å². The van der Waals surface area contributed by atoms with E-state index in [4.69, 9.17) is 14.2 Å². The van der Waals surface area contributed by atoms with Crippen LogP contribution in [0.15, 0.2) is 48.5 Å². The van der Waals surface area contributed by atoms with Crippen molar-refractivity contribution in [3.05, 3.63) is 59.7 Å². The number of carboxylic acids is 1. The maximum absolute atomic E-state index is 13.8. The van der Waals surface area contributed by atoms with Gasteiger partial charge in [-0.05, 0) is 69.7 Å². The summed E-state index contributed by atoms with van der Waals surface area (Å²) in [7, 11) is 1.56. The van der Waals surface area contributed by atoms with Crippen molar-refractivity contribution in [1.29, 1.82) is 0 Å². The van der Waals surface area contributed by atoms with Crippen molar-refractivity contribution in [1.82, 2.24) is 9.80 Å². The van der Waals surface area contributed by atoms with Gasteiger partial charge < -0.3 is 24.2 Å². The highest BCUT2D eigenvalue weighted by atomic mass is 16.6. The summed E-state index contributed by atoms with van der Waals surface area (Å²) in [5.41, 5.74) is 1.21. The van der Waals surface area contributed by atoms with E-state index >= 15 is 0 Å². The Balaban J connectivity index is 1.59. The Bertz CT molecular complexity index is 1240. The molecule has 9 heteroatoms. The van der Waals surface area contributed by atoms with Gasteiger partial charge >= 0.3 is 18.2 Å². The standard InChI is InChI=1S/C32H42N2O7/c1-30(2,3)41-29(38)33-18-16-32(27(35)36,21-31(33,4)5)34(17-11-19-39-6)28(37)40-20-26-24-14-9-7-12-22(24)23-13-8-10-15-25(23)26/h7-10,12-15,26H,11,16-21H2,1-6H3,(H,35,36). The highest BCUT2D eigenvalue weighted by Gasteiger charge is 2.56. The molecular weight excluding hydrogens is 524 g/mol. The number of fused-ring (bicyclic) bond motifs is 3. The number of hydrogen-bond acceptors (Lipinski definition) is 6. The van der Waals surface area contributed by atoms with Gasteiger partial charge in [-0.1, -0.05) is 48.5 Å². The van der Waals surface area contributed by atoms with Crippen LogP contribution in [0, 0.1) is 0 Å². The first-order valence-corrected chi connectivity index (χ1v) is 14.2. The fourth-order valence-corrected chi connectivity index (χ4v) is 6.20. The van der Waals surface area contributed by atoms with Gasteiger partial charge in [-0.2, -0.15) is 0 Å². The van der Waals surface area contributed by atoms with E-state index in [1.807, 2.05) is 36.4 Å². The lowest BCUT2D eigenvalue weighted by atomic mass is 9.75. The molecule has 1 aliphatic carbocycles. The maximum atomic E-state index is 13.8. The van der Waals surface area contributed by atoms with Gasteiger partial charge in [-0.3, -0.25) is 4.90 Å². The number of piperidine rings is 1. The van der Waals surface area contributed by atoms with Crippen LogP contribution in [0.5, 0.6) is 0 Å². The summed E-state index contributed by atoms with van der Waals surface area (Å²) >= 11 is 0. The van der Waals surface area contributed by atoms with Crippen LogP contribution in [0.2, 0.25) is 0 Å². The van der Waals surface area contributed by atoms with E-state index < -0.39 is 34.8 Å². The molecule has 4 rings (SSSR count). The molecular formula is C32H42N2O7. The van der Waals surface area contributed by atoms with E-state index in [9.17, 15) is 19.5 Å². The maximum Gasteiger partial charge on any atom is 0.410 e. The first-order chi connectivity index (χ1) is 19.3. The highest BCUT2D eigenvalue weighted by Crippen LogP contribution is 2.45. The minimum absolute atomic E-state index is 0.0196. The van der Waals surface area contributed by atoms with Crippen LogP contribution in [-0.2, 0) is 19.0 Å². The normalized spacial score (nSPS) is 19.7. The number of carboxylic acid groups (broad SMARTS) is 1. The van der Waals surface area contributed by atoms with Crippen molar-refractivity contribution < 1.29 is 33.7 Å². The number of carbonyl (C=O) groups is 3. The first kappa shape index (κ1) is 30.4. The molecule has 2 aliphatic rings. The molecule has 1 saturated heterocycles. The summed E-state index contributed by atoms with van der Waals surface area (Å²) in [6.45, 7) is 9.67. The molecule has 1 fully saturated rings. The summed E-state index contributed by atoms with van der Waals surface area (Å²) in [6.07, 6.45) is -0.694. The molecule has 1 atom stereocenters. The van der Waals surface area contributed by atoms with Gasteiger partial charge in [0, 0.05) is 44.7 Å². The van der Waals surface area contributed by atoms with E-state index in [2.05, 4.69) is 12.1 Å². The van der Waals surface area contributed by atoms with E-state index in [0.29, 0.717) is 13.0 Å². The number of benzene rings is 2. The van der Waals surface area contributed by atoms with Crippen molar-refractivity contribution in [2.75, 3.05) is 33.4 Å². The molecule has 2 amide bonds. The molecule has 0 radical (unpaired) electrons. The molecule has 41 heavy (non-hydrogen) atoms. The molecule has 9 nitrogen and oxygen atoms in total. The number of nitrogens with zero attached hydrogens (tertiary/aromatic N) is 2. The summed E-state index contributed by atoms with van der Waals surface area (Å²) < 4.78 is 16.8. The van der Waals surface area contributed by atoms with Gasteiger partial charge in [0.15, 0.2) is 0 Å². The van der Waals surface area contributed by atoms with Gasteiger partial charge in [-0.15, -0.1) is 0 Å². The molecule has 0 bridgehead atoms.